The van der Waals surface area contributed by atoms with Crippen molar-refractivity contribution in [2.75, 3.05) is 16.8 Å². The Morgan fingerprint density at radius 2 is 2.10 bits per heavy atom. The molecule has 1 aliphatic carbocycles. The Kier molecular flexibility index (Phi) is 3.60. The number of amides is 1. The summed E-state index contributed by atoms with van der Waals surface area (Å²) in [5.41, 5.74) is 0.972. The van der Waals surface area contributed by atoms with Crippen LogP contribution in [0, 0.1) is 18.3 Å². The molecule has 5 nitrogen and oxygen atoms in total. The normalized spacial score (nSPS) is 25.7. The summed E-state index contributed by atoms with van der Waals surface area (Å²) < 4.78 is 23.0. The van der Waals surface area contributed by atoms with Gasteiger partial charge in [-0.1, -0.05) is 6.92 Å². The average molecular weight is 328 g/mol. The van der Waals surface area contributed by atoms with Crippen LogP contribution in [0.25, 0.3) is 0 Å². The molecule has 2 heterocycles. The fraction of sp³-hybridized carbons (Fsp3) is 0.714. The zero-order valence-electron chi connectivity index (χ0n) is 12.3. The highest BCUT2D eigenvalue weighted by atomic mass is 32.2. The van der Waals surface area contributed by atoms with Crippen LogP contribution in [0.3, 0.4) is 0 Å². The molecular formula is C14H20N2O3S2. The van der Waals surface area contributed by atoms with Gasteiger partial charge in [0.15, 0.2) is 5.13 Å². The molecule has 116 valence electrons. The van der Waals surface area contributed by atoms with E-state index in [2.05, 4.69) is 10.3 Å². The maximum atomic E-state index is 12.3. The Morgan fingerprint density at radius 3 is 2.67 bits per heavy atom. The van der Waals surface area contributed by atoms with Crippen molar-refractivity contribution < 1.29 is 13.2 Å². The fourth-order valence-electron chi connectivity index (χ4n) is 3.22. The Balaban J connectivity index is 1.63. The first-order valence-electron chi connectivity index (χ1n) is 7.33. The molecule has 1 aromatic heterocycles. The number of aryl methyl sites for hydroxylation is 2. The lowest BCUT2D eigenvalue weighted by Crippen LogP contribution is -2.28. The molecule has 1 saturated heterocycles. The van der Waals surface area contributed by atoms with E-state index in [-0.39, 0.29) is 28.7 Å². The van der Waals surface area contributed by atoms with Gasteiger partial charge in [0.1, 0.15) is 9.84 Å². The molecule has 0 radical (unpaired) electrons. The number of nitrogens with one attached hydrogen (secondary N) is 1. The number of carbonyl (C=O) groups is 1. The first kappa shape index (κ1) is 15.0. The van der Waals surface area contributed by atoms with Crippen molar-refractivity contribution in [3.63, 3.8) is 0 Å². The highest BCUT2D eigenvalue weighted by Crippen LogP contribution is 2.60. The van der Waals surface area contributed by atoms with Crippen LogP contribution in [-0.4, -0.2) is 30.8 Å². The number of nitrogens with zero attached hydrogens (tertiary/aromatic N) is 1. The molecule has 1 atom stereocenters. The highest BCUT2D eigenvalue weighted by molar-refractivity contribution is 7.91. The summed E-state index contributed by atoms with van der Waals surface area (Å²) in [6, 6.07) is 0. The zero-order chi connectivity index (χ0) is 15.3. The second kappa shape index (κ2) is 5.05. The topological polar surface area (TPSA) is 76.1 Å². The van der Waals surface area contributed by atoms with Crippen LogP contribution in [-0.2, 0) is 21.1 Å². The van der Waals surface area contributed by atoms with Crippen molar-refractivity contribution in [2.24, 2.45) is 11.3 Å². The predicted octanol–water partition coefficient (Wildman–Crippen LogP) is 2.17. The third kappa shape index (κ3) is 2.85. The number of carbonyl (C=O) groups excluding carboxylic acids is 1. The average Bonchev–Trinajstić information content (AvgIpc) is 3.03. The minimum absolute atomic E-state index is 0.00528. The number of aromatic nitrogens is 1. The van der Waals surface area contributed by atoms with Crippen molar-refractivity contribution in [1.82, 2.24) is 4.98 Å². The first-order chi connectivity index (χ1) is 9.85. The number of anilines is 1. The summed E-state index contributed by atoms with van der Waals surface area (Å²) in [6.45, 7) is 4.06. The van der Waals surface area contributed by atoms with Gasteiger partial charge in [-0.25, -0.2) is 13.4 Å². The van der Waals surface area contributed by atoms with E-state index >= 15 is 0 Å². The van der Waals surface area contributed by atoms with Gasteiger partial charge in [0, 0.05) is 10.8 Å². The quantitative estimate of drug-likeness (QED) is 0.922. The number of hydrogen-bond donors (Lipinski definition) is 1. The first-order valence-corrected chi connectivity index (χ1v) is 9.97. The molecule has 1 aromatic rings. The van der Waals surface area contributed by atoms with Gasteiger partial charge in [0.05, 0.1) is 17.2 Å². The third-order valence-corrected chi connectivity index (χ3v) is 7.37. The number of hydrogen-bond acceptors (Lipinski definition) is 5. The molecule has 2 fully saturated rings. The van der Waals surface area contributed by atoms with Gasteiger partial charge < -0.3 is 5.32 Å². The summed E-state index contributed by atoms with van der Waals surface area (Å²) >= 11 is 1.51. The van der Waals surface area contributed by atoms with Crippen LogP contribution < -0.4 is 5.32 Å². The Bertz CT molecular complexity index is 664. The minimum Gasteiger partial charge on any atom is -0.302 e. The molecule has 7 heteroatoms. The molecule has 1 amide bonds. The third-order valence-electron chi connectivity index (χ3n) is 4.79. The largest absolute Gasteiger partial charge is 0.302 e. The predicted molar refractivity (Wildman–Crippen MR) is 83.3 cm³/mol. The second-order valence-electron chi connectivity index (χ2n) is 6.14. The number of thiazole rings is 1. The van der Waals surface area contributed by atoms with E-state index in [1.165, 1.54) is 11.3 Å². The Labute approximate surface area is 129 Å². The van der Waals surface area contributed by atoms with E-state index in [1.807, 2.05) is 13.8 Å². The van der Waals surface area contributed by atoms with Gasteiger partial charge in [-0.2, -0.15) is 0 Å². The van der Waals surface area contributed by atoms with Crippen LogP contribution in [0.15, 0.2) is 0 Å². The van der Waals surface area contributed by atoms with E-state index in [9.17, 15) is 13.2 Å². The van der Waals surface area contributed by atoms with Crippen molar-refractivity contribution in [3.05, 3.63) is 10.6 Å². The van der Waals surface area contributed by atoms with E-state index in [0.717, 1.165) is 23.4 Å². The molecule has 21 heavy (non-hydrogen) atoms. The molecule has 1 spiro atoms. The fourth-order valence-corrected chi connectivity index (χ4v) is 5.76. The van der Waals surface area contributed by atoms with Crippen molar-refractivity contribution in [1.29, 1.82) is 0 Å². The summed E-state index contributed by atoms with van der Waals surface area (Å²) in [7, 11) is -2.87. The van der Waals surface area contributed by atoms with E-state index < -0.39 is 9.84 Å². The van der Waals surface area contributed by atoms with Gasteiger partial charge in [0.2, 0.25) is 5.91 Å². The van der Waals surface area contributed by atoms with Gasteiger partial charge in [-0.3, -0.25) is 4.79 Å². The van der Waals surface area contributed by atoms with Crippen LogP contribution >= 0.6 is 11.3 Å². The molecule has 1 aliphatic heterocycles. The molecule has 1 saturated carbocycles. The highest BCUT2D eigenvalue weighted by Gasteiger charge is 2.59. The van der Waals surface area contributed by atoms with E-state index in [4.69, 9.17) is 0 Å². The molecule has 0 aromatic carbocycles. The lowest BCUT2D eigenvalue weighted by Gasteiger charge is -2.22. The van der Waals surface area contributed by atoms with E-state index in [0.29, 0.717) is 18.0 Å². The summed E-state index contributed by atoms with van der Waals surface area (Å²) in [5, 5.41) is 3.58. The van der Waals surface area contributed by atoms with Gasteiger partial charge in [0.25, 0.3) is 0 Å². The van der Waals surface area contributed by atoms with Crippen molar-refractivity contribution >= 4 is 32.2 Å². The Hall–Kier alpha value is -0.950. The lowest BCUT2D eigenvalue weighted by atomic mass is 9.96. The number of rotatable bonds is 3. The molecule has 3 rings (SSSR count). The van der Waals surface area contributed by atoms with Crippen molar-refractivity contribution in [2.45, 2.75) is 39.5 Å². The Morgan fingerprint density at radius 1 is 1.43 bits per heavy atom. The van der Waals surface area contributed by atoms with Crippen LogP contribution in [0.2, 0.25) is 0 Å². The van der Waals surface area contributed by atoms with Crippen LogP contribution in [0.5, 0.6) is 0 Å². The van der Waals surface area contributed by atoms with Gasteiger partial charge in [-0.05, 0) is 38.0 Å². The minimum atomic E-state index is -2.87. The standard InChI is InChI=1S/C14H20N2O3S2/c1-3-11-9(2)20-13(15-11)16-12(17)10-8-14(10)4-6-21(18,19)7-5-14/h10H,3-8H2,1-2H3,(H,15,16,17)/t10-/m0/s1. The number of sulfone groups is 1. The van der Waals surface area contributed by atoms with Crippen LogP contribution in [0.1, 0.15) is 36.8 Å². The SMILES string of the molecule is CCc1nc(NC(=O)[C@@H]2CC23CCS(=O)(=O)CC3)sc1C. The van der Waals surface area contributed by atoms with Crippen LogP contribution in [0.4, 0.5) is 5.13 Å². The molecule has 1 N–H and O–H groups in total. The zero-order valence-corrected chi connectivity index (χ0v) is 13.9. The molecular weight excluding hydrogens is 308 g/mol. The second-order valence-corrected chi connectivity index (χ2v) is 9.64. The maximum Gasteiger partial charge on any atom is 0.229 e. The summed E-state index contributed by atoms with van der Waals surface area (Å²) in [5.74, 6) is 0.424. The maximum absolute atomic E-state index is 12.3. The van der Waals surface area contributed by atoms with E-state index in [1.54, 1.807) is 0 Å². The smallest absolute Gasteiger partial charge is 0.229 e. The molecule has 2 aliphatic rings. The molecule has 0 bridgehead atoms. The van der Waals surface area contributed by atoms with Gasteiger partial charge >= 0.3 is 0 Å². The van der Waals surface area contributed by atoms with Crippen molar-refractivity contribution in [3.8, 4) is 0 Å². The monoisotopic (exact) mass is 328 g/mol. The van der Waals surface area contributed by atoms with Gasteiger partial charge in [-0.15, -0.1) is 11.3 Å². The summed E-state index contributed by atoms with van der Waals surface area (Å²) in [4.78, 5) is 17.9. The lowest BCUT2D eigenvalue weighted by molar-refractivity contribution is -0.118. The molecule has 0 unspecified atom stereocenters. The summed E-state index contributed by atoms with van der Waals surface area (Å²) in [6.07, 6.45) is 2.94.